The molecule has 0 unspecified atom stereocenters. The van der Waals surface area contributed by atoms with Crippen LogP contribution in [-0.2, 0) is 16.1 Å². The highest BCUT2D eigenvalue weighted by Crippen LogP contribution is 2.55. The van der Waals surface area contributed by atoms with Gasteiger partial charge in [-0.1, -0.05) is 30.3 Å². The molecule has 3 fully saturated rings. The molecule has 2 amide bonds. The number of halogens is 1. The van der Waals surface area contributed by atoms with Crippen LogP contribution in [0.1, 0.15) is 60.1 Å². The predicted octanol–water partition coefficient (Wildman–Crippen LogP) is 4.34. The molecule has 3 aromatic rings. The van der Waals surface area contributed by atoms with Crippen molar-refractivity contribution in [2.24, 2.45) is 5.41 Å². The molecule has 0 radical (unpaired) electrons. The minimum Gasteiger partial charge on any atom is -0.477 e. The summed E-state index contributed by atoms with van der Waals surface area (Å²) in [6, 6.07) is 9.03. The SMILES string of the molecule is CC(=O)Nc1c(F)c(N2C[C@@H](NC(=O)OCc3ccccc3)C3(CC3)C2)c(C)c2c1c(=O)c(C(=O)O)cn2C1CC1. The van der Waals surface area contributed by atoms with Gasteiger partial charge in [-0.05, 0) is 43.7 Å². The largest absolute Gasteiger partial charge is 0.477 e. The average molecular weight is 563 g/mol. The van der Waals surface area contributed by atoms with Crippen LogP contribution in [0.4, 0.5) is 20.6 Å². The topological polar surface area (TPSA) is 130 Å². The van der Waals surface area contributed by atoms with Gasteiger partial charge in [0.15, 0.2) is 5.82 Å². The van der Waals surface area contributed by atoms with Gasteiger partial charge >= 0.3 is 12.1 Å². The van der Waals surface area contributed by atoms with Gasteiger partial charge < -0.3 is 29.9 Å². The van der Waals surface area contributed by atoms with Gasteiger partial charge in [0, 0.05) is 37.7 Å². The molecule has 1 spiro atoms. The maximum atomic E-state index is 16.4. The number of pyridine rings is 1. The molecule has 3 aliphatic rings. The lowest BCUT2D eigenvalue weighted by Crippen LogP contribution is -2.41. The number of benzene rings is 2. The molecule has 1 aliphatic heterocycles. The van der Waals surface area contributed by atoms with Gasteiger partial charge in [-0.2, -0.15) is 0 Å². The summed E-state index contributed by atoms with van der Waals surface area (Å²) >= 11 is 0. The Hall–Kier alpha value is -4.41. The highest BCUT2D eigenvalue weighted by atomic mass is 19.1. The molecule has 6 rings (SSSR count). The lowest BCUT2D eigenvalue weighted by atomic mass is 10.0. The summed E-state index contributed by atoms with van der Waals surface area (Å²) in [6.45, 7) is 3.84. The number of alkyl carbamates (subject to hydrolysis) is 1. The van der Waals surface area contributed by atoms with Gasteiger partial charge in [0.2, 0.25) is 11.3 Å². The molecule has 0 bridgehead atoms. The molecular formula is C30H31FN4O6. The van der Waals surface area contributed by atoms with E-state index in [1.807, 2.05) is 35.2 Å². The number of amides is 2. The summed E-state index contributed by atoms with van der Waals surface area (Å²) in [4.78, 5) is 52.0. The van der Waals surface area contributed by atoms with Crippen LogP contribution in [0.3, 0.4) is 0 Å². The van der Waals surface area contributed by atoms with E-state index in [1.165, 1.54) is 13.1 Å². The smallest absolute Gasteiger partial charge is 0.407 e. The molecule has 11 heteroatoms. The van der Waals surface area contributed by atoms with Gasteiger partial charge in [-0.15, -0.1) is 0 Å². The van der Waals surface area contributed by atoms with Gasteiger partial charge in [0.25, 0.3) is 0 Å². The maximum Gasteiger partial charge on any atom is 0.407 e. The first-order chi connectivity index (χ1) is 19.6. The number of nitrogens with one attached hydrogen (secondary N) is 2. The second-order valence-electron chi connectivity index (χ2n) is 11.4. The Labute approximate surface area is 235 Å². The molecule has 214 valence electrons. The van der Waals surface area contributed by atoms with Crippen LogP contribution in [0, 0.1) is 18.2 Å². The van der Waals surface area contributed by atoms with Crippen LogP contribution in [0.15, 0.2) is 41.3 Å². The number of aromatic nitrogens is 1. The number of ether oxygens (including phenoxy) is 1. The van der Waals surface area contributed by atoms with Gasteiger partial charge in [-0.25, -0.2) is 14.0 Å². The number of carbonyl (C=O) groups excluding carboxylic acids is 2. The summed E-state index contributed by atoms with van der Waals surface area (Å²) in [5, 5.41) is 15.0. The summed E-state index contributed by atoms with van der Waals surface area (Å²) in [7, 11) is 0. The van der Waals surface area contributed by atoms with E-state index in [2.05, 4.69) is 10.6 Å². The van der Waals surface area contributed by atoms with Crippen LogP contribution >= 0.6 is 0 Å². The van der Waals surface area contributed by atoms with Crippen LogP contribution in [0.2, 0.25) is 0 Å². The fourth-order valence-corrected chi connectivity index (χ4v) is 6.13. The number of carboxylic acid groups (broad SMARTS) is 1. The molecule has 1 saturated heterocycles. The minimum absolute atomic E-state index is 0.0273. The molecule has 2 saturated carbocycles. The Bertz CT molecular complexity index is 1640. The highest BCUT2D eigenvalue weighted by Gasteiger charge is 2.56. The molecule has 10 nitrogen and oxygen atoms in total. The Morgan fingerprint density at radius 3 is 2.49 bits per heavy atom. The maximum absolute atomic E-state index is 16.4. The zero-order valence-electron chi connectivity index (χ0n) is 22.8. The van der Waals surface area contributed by atoms with Crippen LogP contribution in [0.25, 0.3) is 10.9 Å². The number of aryl methyl sites for hydroxylation is 1. The third-order valence-corrected chi connectivity index (χ3v) is 8.46. The van der Waals surface area contributed by atoms with Crippen molar-refractivity contribution < 1.29 is 28.6 Å². The van der Waals surface area contributed by atoms with Crippen molar-refractivity contribution in [2.45, 2.75) is 58.2 Å². The molecule has 2 heterocycles. The van der Waals surface area contributed by atoms with Crippen molar-refractivity contribution in [3.05, 3.63) is 69.3 Å². The first-order valence-corrected chi connectivity index (χ1v) is 13.7. The number of hydrogen-bond acceptors (Lipinski definition) is 6. The van der Waals surface area contributed by atoms with E-state index in [4.69, 9.17) is 4.74 Å². The van der Waals surface area contributed by atoms with Gasteiger partial charge in [0.1, 0.15) is 12.2 Å². The summed E-state index contributed by atoms with van der Waals surface area (Å²) < 4.78 is 23.6. The van der Waals surface area contributed by atoms with E-state index in [-0.39, 0.29) is 40.9 Å². The molecule has 1 atom stereocenters. The van der Waals surface area contributed by atoms with Crippen molar-refractivity contribution >= 4 is 40.2 Å². The Morgan fingerprint density at radius 1 is 1.17 bits per heavy atom. The first-order valence-electron chi connectivity index (χ1n) is 13.7. The summed E-state index contributed by atoms with van der Waals surface area (Å²) in [5.74, 6) is -2.79. The van der Waals surface area contributed by atoms with E-state index in [0.717, 1.165) is 31.2 Å². The van der Waals surface area contributed by atoms with Gasteiger partial charge in [-0.3, -0.25) is 9.59 Å². The van der Waals surface area contributed by atoms with Crippen molar-refractivity contribution in [1.82, 2.24) is 9.88 Å². The van der Waals surface area contributed by atoms with Crippen LogP contribution in [-0.4, -0.2) is 46.8 Å². The zero-order chi connectivity index (χ0) is 29.1. The Balaban J connectivity index is 1.38. The standard InChI is InChI=1S/C30H31FN4O6/c1-16-25-22(27(37)20(28(38)39)12-35(25)19-8-9-19)24(32-17(2)36)23(31)26(16)34-13-21(30(15-34)10-11-30)33-29(40)41-14-18-6-4-3-5-7-18/h3-7,12,19,21H,8-11,13-15H2,1-2H3,(H,32,36)(H,33,40)(H,38,39)/t21-/m1/s1. The number of carboxylic acids is 1. The number of aromatic carboxylic acids is 1. The second-order valence-corrected chi connectivity index (χ2v) is 11.4. The Kier molecular flexibility index (Phi) is 6.47. The molecule has 2 aliphatic carbocycles. The van der Waals surface area contributed by atoms with E-state index >= 15 is 4.39 Å². The van der Waals surface area contributed by atoms with Crippen molar-refractivity contribution in [2.75, 3.05) is 23.3 Å². The number of hydrogen-bond donors (Lipinski definition) is 3. The fourth-order valence-electron chi connectivity index (χ4n) is 6.13. The van der Waals surface area contributed by atoms with E-state index in [1.54, 1.807) is 11.5 Å². The number of fused-ring (bicyclic) bond motifs is 1. The minimum atomic E-state index is -1.41. The first kappa shape index (κ1) is 26.8. The molecule has 41 heavy (non-hydrogen) atoms. The predicted molar refractivity (Wildman–Crippen MR) is 150 cm³/mol. The third kappa shape index (κ3) is 4.79. The number of rotatable bonds is 7. The number of carbonyl (C=O) groups is 3. The van der Waals surface area contributed by atoms with Crippen LogP contribution < -0.4 is 21.0 Å². The molecule has 2 aromatic carbocycles. The monoisotopic (exact) mass is 562 g/mol. The van der Waals surface area contributed by atoms with Crippen molar-refractivity contribution in [1.29, 1.82) is 0 Å². The fraction of sp³-hybridized carbons (Fsp3) is 0.400. The normalized spacial score (nSPS) is 18.9. The van der Waals surface area contributed by atoms with Crippen LogP contribution in [0.5, 0.6) is 0 Å². The average Bonchev–Trinajstić information content (AvgIpc) is 3.85. The molecular weight excluding hydrogens is 531 g/mol. The van der Waals surface area contributed by atoms with E-state index in [9.17, 15) is 24.3 Å². The zero-order valence-corrected chi connectivity index (χ0v) is 22.8. The molecule has 1 aromatic heterocycles. The number of nitrogens with zero attached hydrogens (tertiary/aromatic N) is 2. The van der Waals surface area contributed by atoms with Crippen molar-refractivity contribution in [3.8, 4) is 0 Å². The molecule has 3 N–H and O–H groups in total. The van der Waals surface area contributed by atoms with Gasteiger partial charge in [0.05, 0.1) is 28.3 Å². The number of anilines is 2. The summed E-state index contributed by atoms with van der Waals surface area (Å²) in [6.07, 6.45) is 4.08. The Morgan fingerprint density at radius 2 is 1.88 bits per heavy atom. The highest BCUT2D eigenvalue weighted by molar-refractivity contribution is 6.06. The summed E-state index contributed by atoms with van der Waals surface area (Å²) in [5.41, 5.74) is 0.106. The van der Waals surface area contributed by atoms with Crippen molar-refractivity contribution in [3.63, 3.8) is 0 Å². The van der Waals surface area contributed by atoms with E-state index < -0.39 is 34.8 Å². The second kappa shape index (κ2) is 9.90. The van der Waals surface area contributed by atoms with E-state index in [0.29, 0.717) is 24.2 Å². The lowest BCUT2D eigenvalue weighted by molar-refractivity contribution is -0.114. The third-order valence-electron chi connectivity index (χ3n) is 8.46. The quantitative estimate of drug-likeness (QED) is 0.391. The lowest BCUT2D eigenvalue weighted by Gasteiger charge is -2.26.